The molecule has 1 heterocycles. The second-order valence-corrected chi connectivity index (χ2v) is 5.17. The van der Waals surface area contributed by atoms with Gasteiger partial charge in [-0.3, -0.25) is 4.79 Å². The first kappa shape index (κ1) is 13.5. The maximum Gasteiger partial charge on any atom is 0.349 e. The second-order valence-electron chi connectivity index (χ2n) is 4.09. The minimum atomic E-state index is -0.780. The molecule has 100 valence electrons. The number of hydrogen-bond donors (Lipinski definition) is 1. The van der Waals surface area contributed by atoms with Crippen molar-refractivity contribution in [2.75, 3.05) is 6.54 Å². The molecule has 0 bridgehead atoms. The fourth-order valence-corrected chi connectivity index (χ4v) is 2.62. The van der Waals surface area contributed by atoms with Crippen molar-refractivity contribution in [3.63, 3.8) is 0 Å². The van der Waals surface area contributed by atoms with E-state index >= 15 is 0 Å². The normalized spacial score (nSPS) is 12.1. The van der Waals surface area contributed by atoms with Gasteiger partial charge in [0.25, 0.3) is 5.91 Å². The van der Waals surface area contributed by atoms with Crippen molar-refractivity contribution < 1.29 is 14.3 Å². The monoisotopic (exact) mass is 277 g/mol. The Balaban J connectivity index is 2.09. The van der Waals surface area contributed by atoms with Crippen LogP contribution in [0.4, 0.5) is 0 Å². The summed E-state index contributed by atoms with van der Waals surface area (Å²) in [6.45, 7) is 3.90. The predicted octanol–water partition coefficient (Wildman–Crippen LogP) is 2.58. The molecule has 1 atom stereocenters. The van der Waals surface area contributed by atoms with Gasteiger partial charge in [-0.1, -0.05) is 18.2 Å². The standard InChI is InChI=1S/C14H15NO3S/c1-3-15-13(16)9(2)18-14(17)12-8-10-6-4-5-7-11(10)19-12/h4-9H,3H2,1-2H3,(H,15,16)/t9-/m1/s1. The Hall–Kier alpha value is -1.88. The van der Waals surface area contributed by atoms with Crippen molar-refractivity contribution >= 4 is 33.3 Å². The molecule has 0 saturated carbocycles. The van der Waals surface area contributed by atoms with Crippen molar-refractivity contribution in [1.82, 2.24) is 5.32 Å². The van der Waals surface area contributed by atoms with E-state index < -0.39 is 12.1 Å². The Morgan fingerprint density at radius 1 is 1.37 bits per heavy atom. The average molecular weight is 277 g/mol. The highest BCUT2D eigenvalue weighted by Crippen LogP contribution is 2.25. The SMILES string of the molecule is CCNC(=O)[C@@H](C)OC(=O)c1cc2ccccc2s1. The van der Waals surface area contributed by atoms with Crippen LogP contribution in [0.1, 0.15) is 23.5 Å². The molecule has 1 amide bonds. The maximum absolute atomic E-state index is 11.9. The van der Waals surface area contributed by atoms with E-state index in [0.29, 0.717) is 11.4 Å². The van der Waals surface area contributed by atoms with Crippen LogP contribution in [-0.2, 0) is 9.53 Å². The molecular weight excluding hydrogens is 262 g/mol. The highest BCUT2D eigenvalue weighted by molar-refractivity contribution is 7.20. The van der Waals surface area contributed by atoms with Crippen LogP contribution in [-0.4, -0.2) is 24.5 Å². The van der Waals surface area contributed by atoms with E-state index in [4.69, 9.17) is 4.74 Å². The van der Waals surface area contributed by atoms with E-state index in [1.165, 1.54) is 11.3 Å². The minimum Gasteiger partial charge on any atom is -0.448 e. The molecule has 0 unspecified atom stereocenters. The summed E-state index contributed by atoms with van der Waals surface area (Å²) in [5.41, 5.74) is 0. The van der Waals surface area contributed by atoms with Gasteiger partial charge in [0.05, 0.1) is 0 Å². The summed E-state index contributed by atoms with van der Waals surface area (Å²) in [5.74, 6) is -0.739. The molecule has 2 rings (SSSR count). The molecule has 0 saturated heterocycles. The number of amides is 1. The zero-order valence-electron chi connectivity index (χ0n) is 10.8. The fourth-order valence-electron chi connectivity index (χ4n) is 1.67. The minimum absolute atomic E-state index is 0.281. The summed E-state index contributed by atoms with van der Waals surface area (Å²) in [4.78, 5) is 24.0. The van der Waals surface area contributed by atoms with Gasteiger partial charge in [-0.2, -0.15) is 0 Å². The summed E-state index contributed by atoms with van der Waals surface area (Å²) >= 11 is 1.37. The Labute approximate surface area is 115 Å². The van der Waals surface area contributed by atoms with Crippen molar-refractivity contribution in [3.8, 4) is 0 Å². The van der Waals surface area contributed by atoms with Crippen molar-refractivity contribution in [2.24, 2.45) is 0 Å². The lowest BCUT2D eigenvalue weighted by molar-refractivity contribution is -0.128. The third-order valence-corrected chi connectivity index (χ3v) is 3.73. The van der Waals surface area contributed by atoms with Crippen molar-refractivity contribution in [2.45, 2.75) is 20.0 Å². The number of likely N-dealkylation sites (N-methyl/N-ethyl adjacent to an activating group) is 1. The summed E-state index contributed by atoms with van der Waals surface area (Å²) in [5, 5.41) is 3.62. The van der Waals surface area contributed by atoms with Crippen molar-refractivity contribution in [3.05, 3.63) is 35.2 Å². The van der Waals surface area contributed by atoms with E-state index in [2.05, 4.69) is 5.32 Å². The number of thiophene rings is 1. The number of carbonyl (C=O) groups excluding carboxylic acids is 2. The maximum atomic E-state index is 11.9. The van der Waals surface area contributed by atoms with Crippen LogP contribution in [0.2, 0.25) is 0 Å². The lowest BCUT2D eigenvalue weighted by Crippen LogP contribution is -2.35. The largest absolute Gasteiger partial charge is 0.448 e. The molecular formula is C14H15NO3S. The number of esters is 1. The van der Waals surface area contributed by atoms with E-state index in [1.807, 2.05) is 31.2 Å². The molecule has 0 radical (unpaired) electrons. The fraction of sp³-hybridized carbons (Fsp3) is 0.286. The average Bonchev–Trinajstić information content (AvgIpc) is 2.82. The number of fused-ring (bicyclic) bond motifs is 1. The van der Waals surface area contributed by atoms with Gasteiger partial charge in [-0.15, -0.1) is 11.3 Å². The molecule has 0 fully saturated rings. The number of hydrogen-bond acceptors (Lipinski definition) is 4. The van der Waals surface area contributed by atoms with Crippen LogP contribution >= 0.6 is 11.3 Å². The molecule has 0 aliphatic carbocycles. The third kappa shape index (κ3) is 3.12. The van der Waals surface area contributed by atoms with Gasteiger partial charge in [-0.25, -0.2) is 4.79 Å². The Kier molecular flexibility index (Phi) is 4.16. The van der Waals surface area contributed by atoms with Gasteiger partial charge in [-0.05, 0) is 31.4 Å². The summed E-state index contributed by atoms with van der Waals surface area (Å²) < 4.78 is 6.17. The van der Waals surface area contributed by atoms with Crippen LogP contribution in [0.15, 0.2) is 30.3 Å². The highest BCUT2D eigenvalue weighted by atomic mass is 32.1. The summed E-state index contributed by atoms with van der Waals surface area (Å²) in [6.07, 6.45) is -0.780. The van der Waals surface area contributed by atoms with Crippen LogP contribution in [0.25, 0.3) is 10.1 Å². The highest BCUT2D eigenvalue weighted by Gasteiger charge is 2.19. The van der Waals surface area contributed by atoms with Crippen LogP contribution < -0.4 is 5.32 Å². The lowest BCUT2D eigenvalue weighted by atomic mass is 10.2. The molecule has 4 nitrogen and oxygen atoms in total. The molecule has 0 aliphatic rings. The molecule has 2 aromatic rings. The molecule has 0 aliphatic heterocycles. The number of nitrogens with one attached hydrogen (secondary N) is 1. The lowest BCUT2D eigenvalue weighted by Gasteiger charge is -2.11. The Bertz CT molecular complexity index is 573. The van der Waals surface area contributed by atoms with E-state index in [-0.39, 0.29) is 5.91 Å². The summed E-state index contributed by atoms with van der Waals surface area (Å²) in [7, 11) is 0. The van der Waals surface area contributed by atoms with Gasteiger partial charge in [0, 0.05) is 11.2 Å². The first-order valence-corrected chi connectivity index (χ1v) is 6.90. The zero-order chi connectivity index (χ0) is 13.8. The third-order valence-electron chi connectivity index (χ3n) is 2.63. The Morgan fingerprint density at radius 3 is 2.79 bits per heavy atom. The summed E-state index contributed by atoms with van der Waals surface area (Å²) in [6, 6.07) is 9.51. The predicted molar refractivity (Wildman–Crippen MR) is 75.4 cm³/mol. The van der Waals surface area contributed by atoms with Gasteiger partial charge >= 0.3 is 5.97 Å². The van der Waals surface area contributed by atoms with E-state index in [9.17, 15) is 9.59 Å². The quantitative estimate of drug-likeness (QED) is 0.874. The van der Waals surface area contributed by atoms with Crippen LogP contribution in [0.3, 0.4) is 0 Å². The number of rotatable bonds is 4. The van der Waals surface area contributed by atoms with E-state index in [1.54, 1.807) is 13.0 Å². The van der Waals surface area contributed by atoms with Crippen molar-refractivity contribution in [1.29, 1.82) is 0 Å². The molecule has 19 heavy (non-hydrogen) atoms. The molecule has 1 N–H and O–H groups in total. The van der Waals surface area contributed by atoms with Crippen LogP contribution in [0, 0.1) is 0 Å². The smallest absolute Gasteiger partial charge is 0.349 e. The Morgan fingerprint density at radius 2 is 2.11 bits per heavy atom. The number of benzene rings is 1. The van der Waals surface area contributed by atoms with E-state index in [0.717, 1.165) is 10.1 Å². The molecule has 0 spiro atoms. The van der Waals surface area contributed by atoms with Crippen LogP contribution in [0.5, 0.6) is 0 Å². The molecule has 1 aromatic heterocycles. The first-order valence-electron chi connectivity index (χ1n) is 6.09. The van der Waals surface area contributed by atoms with Gasteiger partial charge in [0.15, 0.2) is 6.10 Å². The molecule has 5 heteroatoms. The van der Waals surface area contributed by atoms with Gasteiger partial charge in [0.2, 0.25) is 0 Å². The number of carbonyl (C=O) groups is 2. The molecule has 1 aromatic carbocycles. The zero-order valence-corrected chi connectivity index (χ0v) is 11.6. The van der Waals surface area contributed by atoms with Gasteiger partial charge in [0.1, 0.15) is 4.88 Å². The first-order chi connectivity index (χ1) is 9.11. The van der Waals surface area contributed by atoms with Gasteiger partial charge < -0.3 is 10.1 Å². The second kappa shape index (κ2) is 5.84. The topological polar surface area (TPSA) is 55.4 Å². The number of ether oxygens (including phenoxy) is 1.